The fourth-order valence-corrected chi connectivity index (χ4v) is 5.07. The van der Waals surface area contributed by atoms with Gasteiger partial charge in [0.2, 0.25) is 12.2 Å². The first kappa shape index (κ1) is 26.4. The maximum Gasteiger partial charge on any atom is 0.332 e. The van der Waals surface area contributed by atoms with E-state index in [0.29, 0.717) is 5.75 Å². The number of rotatable bonds is 7. The zero-order valence-corrected chi connectivity index (χ0v) is 21.8. The number of nitrogens with one attached hydrogen (secondary N) is 1. The van der Waals surface area contributed by atoms with Crippen LogP contribution in [0.15, 0.2) is 48.5 Å². The molecule has 7 atom stereocenters. The second-order valence-corrected chi connectivity index (χ2v) is 10.5. The molecule has 10 nitrogen and oxygen atoms in total. The third kappa shape index (κ3) is 5.63. The van der Waals surface area contributed by atoms with Gasteiger partial charge < -0.3 is 38.8 Å². The van der Waals surface area contributed by atoms with Gasteiger partial charge >= 0.3 is 5.97 Å². The minimum absolute atomic E-state index is 0.152. The highest BCUT2D eigenvalue weighted by Gasteiger charge is 2.53. The maximum atomic E-state index is 12.3. The Bertz CT molecular complexity index is 1170. The number of hydrogen-bond donors (Lipinski definition) is 2. The van der Waals surface area contributed by atoms with Crippen molar-refractivity contribution in [2.24, 2.45) is 0 Å². The summed E-state index contributed by atoms with van der Waals surface area (Å²) >= 11 is 0. The summed E-state index contributed by atoms with van der Waals surface area (Å²) in [5, 5.41) is 12.4. The second kappa shape index (κ2) is 10.5. The molecule has 0 aliphatic carbocycles. The van der Waals surface area contributed by atoms with Crippen molar-refractivity contribution in [1.29, 1.82) is 0 Å². The average molecular weight is 528 g/mol. The topological polar surface area (TPSA) is 122 Å². The van der Waals surface area contributed by atoms with Crippen LogP contribution in [0.2, 0.25) is 0 Å². The van der Waals surface area contributed by atoms with Gasteiger partial charge in [0.05, 0.1) is 6.61 Å². The maximum absolute atomic E-state index is 12.3. The van der Waals surface area contributed by atoms with E-state index in [9.17, 15) is 14.7 Å². The molecule has 2 aromatic carbocycles. The minimum atomic E-state index is -1.17. The first-order valence-electron chi connectivity index (χ1n) is 12.7. The third-order valence-electron chi connectivity index (χ3n) is 6.78. The lowest BCUT2D eigenvalue weighted by atomic mass is 9.95. The van der Waals surface area contributed by atoms with Crippen LogP contribution in [0, 0.1) is 0 Å². The van der Waals surface area contributed by atoms with Crippen molar-refractivity contribution in [3.8, 4) is 11.5 Å². The van der Waals surface area contributed by atoms with E-state index in [1.807, 2.05) is 56.3 Å². The Hall–Kier alpha value is -3.18. The summed E-state index contributed by atoms with van der Waals surface area (Å²) in [6.45, 7) is 6.98. The Balaban J connectivity index is 1.43. The van der Waals surface area contributed by atoms with Gasteiger partial charge in [0.25, 0.3) is 0 Å². The molecule has 0 radical (unpaired) electrons. The van der Waals surface area contributed by atoms with Crippen LogP contribution in [-0.4, -0.2) is 65.9 Å². The minimum Gasteiger partial charge on any atom is -0.487 e. The standard InChI is InChI=1S/C28H33NO9/c1-15(25(31)32)34-24-22(29-16(2)30)27(35-19-11-10-18-13-28(3,4)38-20(18)12-19)36-21-14-33-26(37-23(21)24)17-8-6-5-7-9-17/h5-12,15,21-24,26-27H,13-14H2,1-4H3,(H,29,30)(H,31,32). The Morgan fingerprint density at radius 2 is 1.89 bits per heavy atom. The average Bonchev–Trinajstić information content (AvgIpc) is 3.19. The molecule has 0 spiro atoms. The number of ether oxygens (including phenoxy) is 6. The fraction of sp³-hybridized carbons (Fsp3) is 0.500. The molecular formula is C28H33NO9. The zero-order chi connectivity index (χ0) is 27.0. The van der Waals surface area contributed by atoms with E-state index in [1.54, 1.807) is 6.07 Å². The Morgan fingerprint density at radius 1 is 1.13 bits per heavy atom. The number of fused-ring (bicyclic) bond motifs is 2. The van der Waals surface area contributed by atoms with Gasteiger partial charge in [-0.05, 0) is 32.4 Å². The summed E-state index contributed by atoms with van der Waals surface area (Å²) < 4.78 is 36.8. The Kier molecular flexibility index (Phi) is 7.32. The molecular weight excluding hydrogens is 494 g/mol. The van der Waals surface area contributed by atoms with Crippen LogP contribution in [0.4, 0.5) is 0 Å². The molecule has 3 heterocycles. The summed E-state index contributed by atoms with van der Waals surface area (Å²) in [4.78, 5) is 24.0. The molecule has 3 aliphatic rings. The number of carbonyl (C=O) groups excluding carboxylic acids is 1. The van der Waals surface area contributed by atoms with Crippen molar-refractivity contribution in [3.05, 3.63) is 59.7 Å². The van der Waals surface area contributed by atoms with E-state index in [4.69, 9.17) is 28.4 Å². The predicted molar refractivity (Wildman–Crippen MR) is 134 cm³/mol. The number of amides is 1. The van der Waals surface area contributed by atoms with Crippen molar-refractivity contribution in [3.63, 3.8) is 0 Å². The summed E-state index contributed by atoms with van der Waals surface area (Å²) in [6, 6.07) is 14.1. The van der Waals surface area contributed by atoms with Gasteiger partial charge in [0.15, 0.2) is 12.4 Å². The molecule has 2 saturated heterocycles. The van der Waals surface area contributed by atoms with E-state index < -0.39 is 49.0 Å². The zero-order valence-electron chi connectivity index (χ0n) is 21.8. The highest BCUT2D eigenvalue weighted by Crippen LogP contribution is 2.39. The van der Waals surface area contributed by atoms with Gasteiger partial charge in [-0.25, -0.2) is 4.79 Å². The first-order valence-corrected chi connectivity index (χ1v) is 12.7. The van der Waals surface area contributed by atoms with Crippen LogP contribution < -0.4 is 14.8 Å². The van der Waals surface area contributed by atoms with E-state index in [0.717, 1.165) is 23.3 Å². The molecule has 1 amide bonds. The lowest BCUT2D eigenvalue weighted by molar-refractivity contribution is -0.340. The van der Waals surface area contributed by atoms with Crippen LogP contribution in [0.1, 0.15) is 45.1 Å². The van der Waals surface area contributed by atoms with E-state index in [-0.39, 0.29) is 18.1 Å². The molecule has 2 N–H and O–H groups in total. The van der Waals surface area contributed by atoms with Gasteiger partial charge in [-0.1, -0.05) is 36.4 Å². The summed E-state index contributed by atoms with van der Waals surface area (Å²) in [7, 11) is 0. The molecule has 5 rings (SSSR count). The smallest absolute Gasteiger partial charge is 0.332 e. The molecule has 38 heavy (non-hydrogen) atoms. The molecule has 204 valence electrons. The van der Waals surface area contributed by atoms with Gasteiger partial charge in [-0.15, -0.1) is 0 Å². The summed E-state index contributed by atoms with van der Waals surface area (Å²) in [5.41, 5.74) is 1.56. The van der Waals surface area contributed by atoms with Crippen molar-refractivity contribution in [2.75, 3.05) is 6.61 Å². The van der Waals surface area contributed by atoms with Gasteiger partial charge in [-0.3, -0.25) is 4.79 Å². The predicted octanol–water partition coefficient (Wildman–Crippen LogP) is 2.98. The summed E-state index contributed by atoms with van der Waals surface area (Å²) in [5.74, 6) is -0.297. The van der Waals surface area contributed by atoms with Crippen molar-refractivity contribution < 1.29 is 43.1 Å². The number of carbonyl (C=O) groups is 2. The number of carboxylic acids is 1. The SMILES string of the molecule is CC(=O)NC1C(Oc2ccc3c(c2)OC(C)(C)C3)OC2COC(c3ccccc3)OC2C1OC(C)C(=O)O. The van der Waals surface area contributed by atoms with Crippen LogP contribution in [0.5, 0.6) is 11.5 Å². The van der Waals surface area contributed by atoms with Crippen molar-refractivity contribution in [2.45, 2.75) is 82.8 Å². The molecule has 3 aliphatic heterocycles. The number of benzene rings is 2. The molecule has 7 unspecified atom stereocenters. The van der Waals surface area contributed by atoms with Gasteiger partial charge in [-0.2, -0.15) is 0 Å². The second-order valence-electron chi connectivity index (χ2n) is 10.5. The molecule has 2 aromatic rings. The van der Waals surface area contributed by atoms with E-state index in [1.165, 1.54) is 13.8 Å². The molecule has 0 saturated carbocycles. The van der Waals surface area contributed by atoms with Crippen LogP contribution in [-0.2, 0) is 35.0 Å². The molecule has 10 heteroatoms. The Morgan fingerprint density at radius 3 is 2.61 bits per heavy atom. The number of hydrogen-bond acceptors (Lipinski definition) is 8. The van der Waals surface area contributed by atoms with Gasteiger partial charge in [0, 0.05) is 25.0 Å². The quantitative estimate of drug-likeness (QED) is 0.560. The van der Waals surface area contributed by atoms with Crippen LogP contribution in [0.3, 0.4) is 0 Å². The highest BCUT2D eigenvalue weighted by atomic mass is 16.8. The lowest BCUT2D eigenvalue weighted by Gasteiger charge is -2.49. The summed E-state index contributed by atoms with van der Waals surface area (Å²) in [6.07, 6.45) is -4.40. The van der Waals surface area contributed by atoms with E-state index in [2.05, 4.69) is 5.32 Å². The van der Waals surface area contributed by atoms with Crippen LogP contribution in [0.25, 0.3) is 0 Å². The normalized spacial score (nSPS) is 30.3. The van der Waals surface area contributed by atoms with Crippen molar-refractivity contribution >= 4 is 11.9 Å². The number of carboxylic acid groups (broad SMARTS) is 1. The van der Waals surface area contributed by atoms with E-state index >= 15 is 0 Å². The Labute approximate surface area is 221 Å². The fourth-order valence-electron chi connectivity index (χ4n) is 5.07. The molecule has 2 fully saturated rings. The largest absolute Gasteiger partial charge is 0.487 e. The molecule has 0 aromatic heterocycles. The monoisotopic (exact) mass is 527 g/mol. The van der Waals surface area contributed by atoms with Crippen molar-refractivity contribution in [1.82, 2.24) is 5.32 Å². The van der Waals surface area contributed by atoms with Crippen LogP contribution >= 0.6 is 0 Å². The van der Waals surface area contributed by atoms with Gasteiger partial charge in [0.1, 0.15) is 41.5 Å². The lowest BCUT2D eigenvalue weighted by Crippen LogP contribution is -2.68. The highest BCUT2D eigenvalue weighted by molar-refractivity contribution is 5.73. The third-order valence-corrected chi connectivity index (χ3v) is 6.78. The number of aliphatic carboxylic acids is 1. The molecule has 0 bridgehead atoms. The first-order chi connectivity index (χ1) is 18.1.